The minimum Gasteiger partial charge on any atom is -0.387 e. The molecule has 1 aliphatic rings. The number of nitrogens with one attached hydrogen (secondary N) is 1. The molecule has 1 saturated heterocycles. The zero-order valence-electron chi connectivity index (χ0n) is 23.6. The third-order valence-electron chi connectivity index (χ3n) is 6.98. The van der Waals surface area contributed by atoms with Crippen LogP contribution in [-0.4, -0.2) is 68.4 Å². The van der Waals surface area contributed by atoms with Crippen LogP contribution in [0.5, 0.6) is 0 Å². The van der Waals surface area contributed by atoms with Crippen molar-refractivity contribution in [3.05, 3.63) is 108 Å². The van der Waals surface area contributed by atoms with Crippen molar-refractivity contribution in [1.29, 1.82) is 0 Å². The Hall–Kier alpha value is -3.11. The lowest BCUT2D eigenvalue weighted by atomic mass is 9.94. The Morgan fingerprint density at radius 1 is 0.732 bits per heavy atom. The zero-order chi connectivity index (χ0) is 28.7. The molecule has 1 amide bonds. The Kier molecular flexibility index (Phi) is 12.8. The van der Waals surface area contributed by atoms with Crippen LogP contribution in [0.15, 0.2) is 91.0 Å². The topological polar surface area (TPSA) is 95.5 Å². The molecule has 8 nitrogen and oxygen atoms in total. The fraction of sp³-hybridized carbons (Fsp3) is 0.424. The summed E-state index contributed by atoms with van der Waals surface area (Å²) in [6, 6.07) is 29.7. The molecule has 3 aromatic rings. The third-order valence-corrected chi connectivity index (χ3v) is 6.98. The second-order valence-electron chi connectivity index (χ2n) is 10.1. The van der Waals surface area contributed by atoms with Crippen LogP contribution >= 0.6 is 0 Å². The van der Waals surface area contributed by atoms with E-state index >= 15 is 0 Å². The molecule has 5 atom stereocenters. The average Bonchev–Trinajstić information content (AvgIpc) is 3.02. The minimum atomic E-state index is -0.996. The van der Waals surface area contributed by atoms with Crippen LogP contribution in [0.25, 0.3) is 0 Å². The van der Waals surface area contributed by atoms with Gasteiger partial charge in [-0.1, -0.05) is 91.0 Å². The van der Waals surface area contributed by atoms with Crippen LogP contribution < -0.4 is 5.32 Å². The number of carbonyl (C=O) groups excluding carboxylic acids is 1. The van der Waals surface area contributed by atoms with Crippen LogP contribution in [-0.2, 0) is 48.3 Å². The number of amides is 1. The highest BCUT2D eigenvalue weighted by atomic mass is 16.6. The van der Waals surface area contributed by atoms with Gasteiger partial charge in [-0.05, 0) is 23.1 Å². The molecule has 0 radical (unpaired) electrons. The highest BCUT2D eigenvalue weighted by Crippen LogP contribution is 2.29. The number of benzene rings is 3. The summed E-state index contributed by atoms with van der Waals surface area (Å²) in [6.45, 7) is 1.84. The molecule has 0 aromatic heterocycles. The number of rotatable bonds is 16. The number of carbonyl (C=O) groups is 1. The Morgan fingerprint density at radius 2 is 1.24 bits per heavy atom. The molecule has 220 valence electrons. The molecule has 0 saturated carbocycles. The molecule has 0 bridgehead atoms. The van der Waals surface area contributed by atoms with Gasteiger partial charge in [0, 0.05) is 20.1 Å². The van der Waals surface area contributed by atoms with E-state index in [1.165, 1.54) is 0 Å². The number of hydrogen-bond donors (Lipinski definition) is 2. The largest absolute Gasteiger partial charge is 0.387 e. The maximum Gasteiger partial charge on any atom is 0.219 e. The molecular formula is C33H41NO7. The van der Waals surface area contributed by atoms with Crippen molar-refractivity contribution in [3.63, 3.8) is 0 Å². The Morgan fingerprint density at radius 3 is 1.80 bits per heavy atom. The van der Waals surface area contributed by atoms with Crippen molar-refractivity contribution < 1.29 is 33.6 Å². The van der Waals surface area contributed by atoms with Gasteiger partial charge in [-0.3, -0.25) is 4.79 Å². The van der Waals surface area contributed by atoms with Crippen LogP contribution in [0.4, 0.5) is 0 Å². The van der Waals surface area contributed by atoms with Gasteiger partial charge in [0.15, 0.2) is 0 Å². The van der Waals surface area contributed by atoms with E-state index in [-0.39, 0.29) is 19.1 Å². The fourth-order valence-electron chi connectivity index (χ4n) is 4.73. The zero-order valence-corrected chi connectivity index (χ0v) is 23.6. The maximum atomic E-state index is 11.5. The van der Waals surface area contributed by atoms with Gasteiger partial charge in [0.1, 0.15) is 30.5 Å². The normalized spacial score (nSPS) is 22.3. The predicted octanol–water partition coefficient (Wildman–Crippen LogP) is 4.05. The van der Waals surface area contributed by atoms with Gasteiger partial charge in [0.2, 0.25) is 5.91 Å². The summed E-state index contributed by atoms with van der Waals surface area (Å²) in [5.74, 6) is -0.0361. The molecule has 8 heteroatoms. The summed E-state index contributed by atoms with van der Waals surface area (Å²) in [7, 11) is 1.61. The van der Waals surface area contributed by atoms with Crippen molar-refractivity contribution in [1.82, 2.24) is 5.32 Å². The van der Waals surface area contributed by atoms with Crippen LogP contribution in [0, 0.1) is 0 Å². The highest BCUT2D eigenvalue weighted by molar-refractivity contribution is 5.75. The standard InChI is InChI=1S/C33H41NO7/c1-34-30(35)18-11-19-37-23-28-31(36)33(40-22-27-16-9-4-10-17-27)32(39-21-26-14-7-3-8-15-26)29(41-28)24-38-20-25-12-5-2-6-13-25/h2-10,12-17,28-29,31-33,36H,11,18-24H2,1H3,(H,34,35)/t28-,29+,31?,32?,33?/m0/s1. The summed E-state index contributed by atoms with van der Waals surface area (Å²) in [5, 5.41) is 14.1. The fourth-order valence-corrected chi connectivity index (χ4v) is 4.73. The van der Waals surface area contributed by atoms with Crippen molar-refractivity contribution in [3.8, 4) is 0 Å². The predicted molar refractivity (Wildman–Crippen MR) is 155 cm³/mol. The van der Waals surface area contributed by atoms with Crippen molar-refractivity contribution in [2.45, 2.75) is 63.2 Å². The molecule has 0 spiro atoms. The van der Waals surface area contributed by atoms with Gasteiger partial charge < -0.3 is 34.1 Å². The van der Waals surface area contributed by atoms with Gasteiger partial charge in [0.05, 0.1) is 33.0 Å². The summed E-state index contributed by atoms with van der Waals surface area (Å²) in [5.41, 5.74) is 3.05. The van der Waals surface area contributed by atoms with E-state index in [0.29, 0.717) is 39.3 Å². The van der Waals surface area contributed by atoms with Crippen LogP contribution in [0.3, 0.4) is 0 Å². The lowest BCUT2D eigenvalue weighted by Gasteiger charge is -2.44. The highest BCUT2D eigenvalue weighted by Gasteiger charge is 2.47. The van der Waals surface area contributed by atoms with Gasteiger partial charge >= 0.3 is 0 Å². The van der Waals surface area contributed by atoms with E-state index in [2.05, 4.69) is 5.32 Å². The van der Waals surface area contributed by atoms with Crippen molar-refractivity contribution in [2.24, 2.45) is 0 Å². The first-order valence-electron chi connectivity index (χ1n) is 14.2. The second kappa shape index (κ2) is 17.0. The van der Waals surface area contributed by atoms with Crippen LogP contribution in [0.1, 0.15) is 29.5 Å². The molecule has 4 rings (SSSR count). The molecular weight excluding hydrogens is 522 g/mol. The number of hydrogen-bond acceptors (Lipinski definition) is 7. The summed E-state index contributed by atoms with van der Waals surface area (Å²) >= 11 is 0. The Balaban J connectivity index is 1.47. The molecule has 1 fully saturated rings. The van der Waals surface area contributed by atoms with E-state index in [1.54, 1.807) is 7.05 Å². The first-order valence-corrected chi connectivity index (χ1v) is 14.2. The van der Waals surface area contributed by atoms with Crippen LogP contribution in [0.2, 0.25) is 0 Å². The van der Waals surface area contributed by atoms with E-state index in [9.17, 15) is 9.90 Å². The smallest absolute Gasteiger partial charge is 0.219 e. The monoisotopic (exact) mass is 563 g/mol. The minimum absolute atomic E-state index is 0.0361. The van der Waals surface area contributed by atoms with Gasteiger partial charge in [-0.25, -0.2) is 0 Å². The molecule has 1 heterocycles. The Labute approximate surface area is 242 Å². The summed E-state index contributed by atoms with van der Waals surface area (Å²) < 4.78 is 31.1. The molecule has 3 unspecified atom stereocenters. The van der Waals surface area contributed by atoms with E-state index in [1.807, 2.05) is 91.0 Å². The SMILES string of the molecule is CNC(=O)CCCOC[C@@H]1O[C@H](COCc2ccccc2)C(OCc2ccccc2)C(OCc2ccccc2)C1O. The van der Waals surface area contributed by atoms with Gasteiger partial charge in [-0.2, -0.15) is 0 Å². The first kappa shape index (κ1) is 30.8. The summed E-state index contributed by atoms with van der Waals surface area (Å²) in [6.07, 6.45) is -2.49. The second-order valence-corrected chi connectivity index (χ2v) is 10.1. The number of aliphatic hydroxyl groups excluding tert-OH is 1. The molecule has 3 aromatic carbocycles. The number of ether oxygens (including phenoxy) is 5. The average molecular weight is 564 g/mol. The van der Waals surface area contributed by atoms with Crippen molar-refractivity contribution in [2.75, 3.05) is 26.9 Å². The van der Waals surface area contributed by atoms with E-state index in [4.69, 9.17) is 23.7 Å². The quantitative estimate of drug-likeness (QED) is 0.254. The molecule has 2 N–H and O–H groups in total. The van der Waals surface area contributed by atoms with E-state index in [0.717, 1.165) is 16.7 Å². The maximum absolute atomic E-state index is 11.5. The number of aliphatic hydroxyl groups is 1. The lowest BCUT2D eigenvalue weighted by molar-refractivity contribution is -0.268. The molecule has 1 aliphatic heterocycles. The lowest BCUT2D eigenvalue weighted by Crippen LogP contribution is -2.61. The molecule has 0 aliphatic carbocycles. The molecule has 41 heavy (non-hydrogen) atoms. The van der Waals surface area contributed by atoms with E-state index < -0.39 is 30.5 Å². The van der Waals surface area contributed by atoms with Gasteiger partial charge in [-0.15, -0.1) is 0 Å². The van der Waals surface area contributed by atoms with Gasteiger partial charge in [0.25, 0.3) is 0 Å². The first-order chi connectivity index (χ1) is 20.1. The Bertz CT molecular complexity index is 1130. The third kappa shape index (κ3) is 10.0. The summed E-state index contributed by atoms with van der Waals surface area (Å²) in [4.78, 5) is 11.5. The van der Waals surface area contributed by atoms with Crippen molar-refractivity contribution >= 4 is 5.91 Å².